The molecule has 26 heavy (non-hydrogen) atoms. The molecular formula is C20H22N2O4. The molecule has 0 amide bonds. The first-order valence-corrected chi connectivity index (χ1v) is 8.21. The fourth-order valence-electron chi connectivity index (χ4n) is 2.65. The van der Waals surface area contributed by atoms with Gasteiger partial charge in [-0.25, -0.2) is 4.79 Å². The lowest BCUT2D eigenvalue weighted by molar-refractivity contribution is -0.139. The van der Waals surface area contributed by atoms with Crippen molar-refractivity contribution in [1.29, 1.82) is 5.26 Å². The van der Waals surface area contributed by atoms with Crippen LogP contribution in [-0.2, 0) is 14.3 Å². The Kier molecular flexibility index (Phi) is 6.07. The summed E-state index contributed by atoms with van der Waals surface area (Å²) < 4.78 is 16.1. The lowest BCUT2D eigenvalue weighted by atomic mass is 9.83. The van der Waals surface area contributed by atoms with Crippen molar-refractivity contribution < 1.29 is 19.0 Å². The number of nitriles is 1. The Balaban J connectivity index is 2.43. The van der Waals surface area contributed by atoms with E-state index in [9.17, 15) is 10.1 Å². The van der Waals surface area contributed by atoms with E-state index >= 15 is 0 Å². The molecule has 1 aliphatic heterocycles. The lowest BCUT2D eigenvalue weighted by Gasteiger charge is -2.26. The lowest BCUT2D eigenvalue weighted by Crippen LogP contribution is -2.25. The average molecular weight is 354 g/mol. The van der Waals surface area contributed by atoms with Crippen molar-refractivity contribution in [3.8, 4) is 11.8 Å². The smallest absolute Gasteiger partial charge is 0.338 e. The van der Waals surface area contributed by atoms with Gasteiger partial charge in [0.2, 0.25) is 5.88 Å². The summed E-state index contributed by atoms with van der Waals surface area (Å²) in [5.41, 5.74) is 7.94. The van der Waals surface area contributed by atoms with Gasteiger partial charge in [-0.15, -0.1) is 0 Å². The highest BCUT2D eigenvalue weighted by Crippen LogP contribution is 2.39. The molecule has 0 spiro atoms. The zero-order chi connectivity index (χ0) is 19.3. The average Bonchev–Trinajstić information content (AvgIpc) is 2.60. The van der Waals surface area contributed by atoms with E-state index in [2.05, 4.69) is 6.58 Å². The van der Waals surface area contributed by atoms with Crippen molar-refractivity contribution in [1.82, 2.24) is 0 Å². The van der Waals surface area contributed by atoms with E-state index in [0.29, 0.717) is 18.1 Å². The van der Waals surface area contributed by atoms with Gasteiger partial charge in [0, 0.05) is 0 Å². The van der Waals surface area contributed by atoms with Crippen LogP contribution >= 0.6 is 0 Å². The van der Waals surface area contributed by atoms with Gasteiger partial charge in [-0.3, -0.25) is 0 Å². The zero-order valence-corrected chi connectivity index (χ0v) is 15.2. The van der Waals surface area contributed by atoms with Crippen LogP contribution in [0.25, 0.3) is 0 Å². The molecule has 2 N–H and O–H groups in total. The SMILES string of the molecule is C=C(C)COc1ccc(C2C(C#N)=C(N)OC(C)=C2C(=O)OCC)cc1. The molecule has 0 fully saturated rings. The van der Waals surface area contributed by atoms with Crippen LogP contribution < -0.4 is 10.5 Å². The summed E-state index contributed by atoms with van der Waals surface area (Å²) >= 11 is 0. The van der Waals surface area contributed by atoms with Crippen LogP contribution in [0, 0.1) is 11.3 Å². The maximum Gasteiger partial charge on any atom is 0.338 e. The highest BCUT2D eigenvalue weighted by Gasteiger charge is 2.36. The van der Waals surface area contributed by atoms with E-state index in [1.54, 1.807) is 38.1 Å². The molecule has 1 aliphatic rings. The third-order valence-electron chi connectivity index (χ3n) is 3.80. The van der Waals surface area contributed by atoms with E-state index in [1.807, 2.05) is 13.0 Å². The molecule has 0 aliphatic carbocycles. The molecule has 136 valence electrons. The summed E-state index contributed by atoms with van der Waals surface area (Å²) in [5.74, 6) is -0.197. The summed E-state index contributed by atoms with van der Waals surface area (Å²) in [6.07, 6.45) is 0. The molecule has 1 unspecified atom stereocenters. The normalized spacial score (nSPS) is 16.6. The van der Waals surface area contributed by atoms with Gasteiger partial charge in [0.15, 0.2) is 0 Å². The molecule has 6 heteroatoms. The zero-order valence-electron chi connectivity index (χ0n) is 15.2. The number of carbonyl (C=O) groups is 1. The standard InChI is InChI=1S/C20H22N2O4/c1-5-24-20(23)17-13(4)26-19(22)16(10-21)18(17)14-6-8-15(9-7-14)25-11-12(2)3/h6-9,18H,2,5,11,22H2,1,3-4H3. The highest BCUT2D eigenvalue weighted by molar-refractivity contribution is 5.92. The van der Waals surface area contributed by atoms with Gasteiger partial charge in [0.05, 0.1) is 18.1 Å². The van der Waals surface area contributed by atoms with Crippen molar-refractivity contribution >= 4 is 5.97 Å². The Bertz CT molecular complexity index is 813. The Morgan fingerprint density at radius 2 is 2.04 bits per heavy atom. The molecule has 6 nitrogen and oxygen atoms in total. The fraction of sp³-hybridized carbons (Fsp3) is 0.300. The number of benzene rings is 1. The number of hydrogen-bond acceptors (Lipinski definition) is 6. The van der Waals surface area contributed by atoms with Gasteiger partial charge >= 0.3 is 5.97 Å². The fourth-order valence-corrected chi connectivity index (χ4v) is 2.65. The number of esters is 1. The topological polar surface area (TPSA) is 94.6 Å². The highest BCUT2D eigenvalue weighted by atomic mass is 16.5. The second-order valence-electron chi connectivity index (χ2n) is 5.93. The van der Waals surface area contributed by atoms with Crippen LogP contribution in [0.4, 0.5) is 0 Å². The number of nitrogens with zero attached hydrogens (tertiary/aromatic N) is 1. The van der Waals surface area contributed by atoms with E-state index in [1.165, 1.54) is 0 Å². The van der Waals surface area contributed by atoms with Crippen LogP contribution in [0.5, 0.6) is 5.75 Å². The molecule has 1 heterocycles. The quantitative estimate of drug-likeness (QED) is 0.622. The largest absolute Gasteiger partial charge is 0.489 e. The Labute approximate surface area is 153 Å². The maximum absolute atomic E-state index is 12.4. The molecule has 0 bridgehead atoms. The summed E-state index contributed by atoms with van der Waals surface area (Å²) in [5, 5.41) is 9.53. The first kappa shape index (κ1) is 19.1. The van der Waals surface area contributed by atoms with E-state index < -0.39 is 11.9 Å². The first-order valence-electron chi connectivity index (χ1n) is 8.21. The van der Waals surface area contributed by atoms with Crippen molar-refractivity contribution in [2.75, 3.05) is 13.2 Å². The van der Waals surface area contributed by atoms with Gasteiger partial charge in [-0.1, -0.05) is 18.7 Å². The number of ether oxygens (including phenoxy) is 3. The molecular weight excluding hydrogens is 332 g/mol. The third kappa shape index (κ3) is 4.06. The van der Waals surface area contributed by atoms with Crippen molar-refractivity contribution in [3.63, 3.8) is 0 Å². The monoisotopic (exact) mass is 354 g/mol. The number of allylic oxidation sites excluding steroid dienone is 2. The molecule has 1 aromatic rings. The number of nitrogens with two attached hydrogens (primary N) is 1. The summed E-state index contributed by atoms with van der Waals surface area (Å²) in [6, 6.07) is 9.18. The van der Waals surface area contributed by atoms with Gasteiger partial charge in [0.25, 0.3) is 0 Å². The minimum absolute atomic E-state index is 0.00865. The van der Waals surface area contributed by atoms with Crippen LogP contribution in [0.1, 0.15) is 32.3 Å². The maximum atomic E-state index is 12.4. The molecule has 0 saturated carbocycles. The minimum Gasteiger partial charge on any atom is -0.489 e. The molecule has 0 radical (unpaired) electrons. The van der Waals surface area contributed by atoms with Crippen LogP contribution in [0.3, 0.4) is 0 Å². The van der Waals surface area contributed by atoms with Crippen molar-refractivity contribution in [2.24, 2.45) is 5.73 Å². The van der Waals surface area contributed by atoms with Crippen LogP contribution in [0.15, 0.2) is 59.2 Å². The summed E-state index contributed by atoms with van der Waals surface area (Å²) in [6.45, 7) is 9.65. The van der Waals surface area contributed by atoms with Crippen molar-refractivity contribution in [2.45, 2.75) is 26.7 Å². The second kappa shape index (κ2) is 8.26. The van der Waals surface area contributed by atoms with E-state index in [-0.39, 0.29) is 23.6 Å². The predicted octanol–water partition coefficient (Wildman–Crippen LogP) is 3.29. The Morgan fingerprint density at radius 1 is 1.38 bits per heavy atom. The third-order valence-corrected chi connectivity index (χ3v) is 3.80. The molecule has 2 rings (SSSR count). The van der Waals surface area contributed by atoms with E-state index in [0.717, 1.165) is 11.1 Å². The van der Waals surface area contributed by atoms with Crippen LogP contribution in [0.2, 0.25) is 0 Å². The molecule has 0 aromatic heterocycles. The summed E-state index contributed by atoms with van der Waals surface area (Å²) in [4.78, 5) is 12.4. The van der Waals surface area contributed by atoms with Gasteiger partial charge in [0.1, 0.15) is 29.8 Å². The Hall–Kier alpha value is -3.20. The van der Waals surface area contributed by atoms with E-state index in [4.69, 9.17) is 19.9 Å². The summed E-state index contributed by atoms with van der Waals surface area (Å²) in [7, 11) is 0. The first-order chi connectivity index (χ1) is 12.4. The molecule has 1 atom stereocenters. The Morgan fingerprint density at radius 3 is 2.58 bits per heavy atom. The number of carbonyl (C=O) groups excluding carboxylic acids is 1. The number of rotatable bonds is 6. The molecule has 1 aromatic carbocycles. The van der Waals surface area contributed by atoms with Crippen molar-refractivity contribution in [3.05, 3.63) is 64.8 Å². The molecule has 0 saturated heterocycles. The van der Waals surface area contributed by atoms with Gasteiger partial charge in [-0.05, 0) is 44.0 Å². The second-order valence-corrected chi connectivity index (χ2v) is 5.93. The predicted molar refractivity (Wildman–Crippen MR) is 96.7 cm³/mol. The number of hydrogen-bond donors (Lipinski definition) is 1. The van der Waals surface area contributed by atoms with Crippen LogP contribution in [-0.4, -0.2) is 19.2 Å². The van der Waals surface area contributed by atoms with Gasteiger partial charge < -0.3 is 19.9 Å². The van der Waals surface area contributed by atoms with Gasteiger partial charge in [-0.2, -0.15) is 5.26 Å². The minimum atomic E-state index is -0.650.